The number of fused-ring (bicyclic) bond motifs is 3. The van der Waals surface area contributed by atoms with Crippen molar-refractivity contribution < 1.29 is 4.79 Å². The summed E-state index contributed by atoms with van der Waals surface area (Å²) < 4.78 is 0. The second-order valence-electron chi connectivity index (χ2n) is 7.83. The van der Waals surface area contributed by atoms with Crippen LogP contribution in [-0.2, 0) is 23.2 Å². The molecule has 1 spiro atoms. The van der Waals surface area contributed by atoms with Crippen LogP contribution in [0.25, 0.3) is 0 Å². The van der Waals surface area contributed by atoms with Crippen LogP contribution in [0.15, 0.2) is 35.5 Å². The van der Waals surface area contributed by atoms with Gasteiger partial charge in [-0.1, -0.05) is 25.1 Å². The van der Waals surface area contributed by atoms with Crippen LogP contribution in [-0.4, -0.2) is 57.1 Å². The van der Waals surface area contributed by atoms with Gasteiger partial charge in [0.15, 0.2) is 0 Å². The van der Waals surface area contributed by atoms with Gasteiger partial charge in [0.1, 0.15) is 0 Å². The normalized spacial score (nSPS) is 24.0. The molecule has 1 saturated heterocycles. The number of amides is 1. The number of nitrogens with zero attached hydrogens (tertiary/aromatic N) is 3. The Morgan fingerprint density at radius 1 is 1.30 bits per heavy atom. The summed E-state index contributed by atoms with van der Waals surface area (Å²) >= 11 is 1.74. The Labute approximate surface area is 164 Å². The monoisotopic (exact) mass is 382 g/mol. The Hall–Kier alpha value is -1.79. The largest absolute Gasteiger partial charge is 0.348 e. The number of likely N-dealkylation sites (N-methyl/N-ethyl adjacent to an activating group) is 1. The lowest BCUT2D eigenvalue weighted by Gasteiger charge is -2.50. The first-order chi connectivity index (χ1) is 13.2. The van der Waals surface area contributed by atoms with Gasteiger partial charge in [0.2, 0.25) is 5.91 Å². The zero-order valence-electron chi connectivity index (χ0n) is 15.8. The van der Waals surface area contributed by atoms with E-state index < -0.39 is 0 Å². The van der Waals surface area contributed by atoms with E-state index in [2.05, 4.69) is 46.0 Å². The van der Waals surface area contributed by atoms with Crippen LogP contribution in [0.1, 0.15) is 36.7 Å². The summed E-state index contributed by atoms with van der Waals surface area (Å²) in [6, 6.07) is 8.42. The molecule has 3 aliphatic rings. The van der Waals surface area contributed by atoms with Crippen LogP contribution in [0.2, 0.25) is 0 Å². The fraction of sp³-hybridized carbons (Fsp3) is 0.524. The van der Waals surface area contributed by atoms with Gasteiger partial charge < -0.3 is 9.88 Å². The maximum atomic E-state index is 13.2. The molecule has 1 N–H and O–H groups in total. The molecule has 0 saturated carbocycles. The van der Waals surface area contributed by atoms with E-state index in [0.29, 0.717) is 5.91 Å². The van der Waals surface area contributed by atoms with Gasteiger partial charge in [-0.15, -0.1) is 11.8 Å². The van der Waals surface area contributed by atoms with Crippen molar-refractivity contribution in [1.82, 2.24) is 19.8 Å². The molecule has 4 heterocycles. The van der Waals surface area contributed by atoms with Crippen LogP contribution in [0, 0.1) is 0 Å². The standard InChI is InChI=1S/C21H26N4OS/c1-2-25-10-7-16-19(23-14-22-16)21(25)8-11-24(12-9-21)20(26)18-13-15-5-3-4-6-17(15)27-18/h3-6,14,18H,2,7-13H2,1H3,(H,22,23). The van der Waals surface area contributed by atoms with Gasteiger partial charge in [0, 0.05) is 36.6 Å². The molecule has 3 aliphatic heterocycles. The third-order valence-electron chi connectivity index (χ3n) is 6.60. The fourth-order valence-corrected chi connectivity index (χ4v) is 6.44. The van der Waals surface area contributed by atoms with Crippen LogP contribution in [0.3, 0.4) is 0 Å². The summed E-state index contributed by atoms with van der Waals surface area (Å²) in [5.74, 6) is 0.312. The van der Waals surface area contributed by atoms with E-state index in [-0.39, 0.29) is 10.8 Å². The molecule has 1 aromatic carbocycles. The summed E-state index contributed by atoms with van der Waals surface area (Å²) in [5.41, 5.74) is 3.84. The van der Waals surface area contributed by atoms with E-state index in [1.807, 2.05) is 6.33 Å². The van der Waals surface area contributed by atoms with Crippen molar-refractivity contribution in [1.29, 1.82) is 0 Å². The number of carbonyl (C=O) groups is 1. The number of carbonyl (C=O) groups excluding carboxylic acids is 1. The first-order valence-corrected chi connectivity index (χ1v) is 10.9. The number of hydrogen-bond donors (Lipinski definition) is 1. The summed E-state index contributed by atoms with van der Waals surface area (Å²) in [4.78, 5) is 27.2. The Balaban J connectivity index is 1.31. The lowest BCUT2D eigenvalue weighted by atomic mass is 9.78. The number of piperidine rings is 1. The lowest BCUT2D eigenvalue weighted by molar-refractivity contribution is -0.133. The zero-order chi connectivity index (χ0) is 18.4. The Bertz CT molecular complexity index is 830. The SMILES string of the molecule is CCN1CCc2[nH]cnc2C12CCN(C(=O)C1Cc3ccccc3S1)CC2. The fourth-order valence-electron chi connectivity index (χ4n) is 5.16. The summed E-state index contributed by atoms with van der Waals surface area (Å²) in [7, 11) is 0. The molecule has 5 nitrogen and oxygen atoms in total. The van der Waals surface area contributed by atoms with Crippen molar-refractivity contribution >= 4 is 17.7 Å². The number of aromatic amines is 1. The predicted octanol–water partition coefficient (Wildman–Crippen LogP) is 2.82. The first-order valence-electron chi connectivity index (χ1n) is 10.0. The van der Waals surface area contributed by atoms with Gasteiger partial charge in [0.25, 0.3) is 0 Å². The summed E-state index contributed by atoms with van der Waals surface area (Å²) in [6.45, 7) is 6.01. The van der Waals surface area contributed by atoms with E-state index in [9.17, 15) is 4.79 Å². The molecule has 1 amide bonds. The van der Waals surface area contributed by atoms with Crippen LogP contribution >= 0.6 is 11.8 Å². The van der Waals surface area contributed by atoms with Crippen molar-refractivity contribution in [3.63, 3.8) is 0 Å². The molecule has 142 valence electrons. The molecule has 5 rings (SSSR count). The van der Waals surface area contributed by atoms with E-state index in [1.165, 1.54) is 21.8 Å². The van der Waals surface area contributed by atoms with Crippen molar-refractivity contribution in [3.05, 3.63) is 47.5 Å². The minimum Gasteiger partial charge on any atom is -0.348 e. The molecule has 1 unspecified atom stereocenters. The van der Waals surface area contributed by atoms with Gasteiger partial charge >= 0.3 is 0 Å². The van der Waals surface area contributed by atoms with Crippen molar-refractivity contribution in [2.45, 2.75) is 48.3 Å². The quantitative estimate of drug-likeness (QED) is 0.868. The molecule has 0 aliphatic carbocycles. The highest BCUT2D eigenvalue weighted by Crippen LogP contribution is 2.43. The van der Waals surface area contributed by atoms with Gasteiger partial charge in [-0.2, -0.15) is 0 Å². The van der Waals surface area contributed by atoms with Gasteiger partial charge in [-0.05, 0) is 37.4 Å². The number of nitrogens with one attached hydrogen (secondary N) is 1. The number of imidazole rings is 1. The number of aromatic nitrogens is 2. The number of thioether (sulfide) groups is 1. The average molecular weight is 383 g/mol. The minimum atomic E-state index is 0.00486. The van der Waals surface area contributed by atoms with Gasteiger partial charge in [0.05, 0.1) is 22.8 Å². The predicted molar refractivity (Wildman–Crippen MR) is 107 cm³/mol. The zero-order valence-corrected chi connectivity index (χ0v) is 16.6. The number of likely N-dealkylation sites (tertiary alicyclic amines) is 1. The Morgan fingerprint density at radius 3 is 2.89 bits per heavy atom. The highest BCUT2D eigenvalue weighted by Gasteiger charge is 2.47. The average Bonchev–Trinajstić information content (AvgIpc) is 3.36. The molecular weight excluding hydrogens is 356 g/mol. The van der Waals surface area contributed by atoms with E-state index in [1.54, 1.807) is 11.8 Å². The number of H-pyrrole nitrogens is 1. The van der Waals surface area contributed by atoms with Crippen LogP contribution < -0.4 is 0 Å². The highest BCUT2D eigenvalue weighted by molar-refractivity contribution is 8.01. The topological polar surface area (TPSA) is 52.2 Å². The number of hydrogen-bond acceptors (Lipinski definition) is 4. The smallest absolute Gasteiger partial charge is 0.236 e. The second kappa shape index (κ2) is 6.67. The summed E-state index contributed by atoms with van der Waals surface area (Å²) in [5, 5.41) is 0.0472. The number of rotatable bonds is 2. The van der Waals surface area contributed by atoms with Gasteiger partial charge in [-0.25, -0.2) is 4.98 Å². The molecule has 1 atom stereocenters. The lowest BCUT2D eigenvalue weighted by Crippen LogP contribution is -2.57. The Morgan fingerprint density at radius 2 is 2.11 bits per heavy atom. The van der Waals surface area contributed by atoms with Crippen molar-refractivity contribution in [2.75, 3.05) is 26.2 Å². The molecular formula is C21H26N4OS. The molecule has 2 aromatic rings. The highest BCUT2D eigenvalue weighted by atomic mass is 32.2. The molecule has 1 aromatic heterocycles. The van der Waals surface area contributed by atoms with E-state index in [4.69, 9.17) is 4.98 Å². The maximum absolute atomic E-state index is 13.2. The Kier molecular flexibility index (Phi) is 4.28. The molecule has 27 heavy (non-hydrogen) atoms. The first kappa shape index (κ1) is 17.3. The van der Waals surface area contributed by atoms with Crippen LogP contribution in [0.5, 0.6) is 0 Å². The van der Waals surface area contributed by atoms with Crippen molar-refractivity contribution in [3.8, 4) is 0 Å². The number of benzene rings is 1. The maximum Gasteiger partial charge on any atom is 0.236 e. The molecule has 0 radical (unpaired) electrons. The summed E-state index contributed by atoms with van der Waals surface area (Å²) in [6.07, 6.45) is 5.72. The van der Waals surface area contributed by atoms with Crippen LogP contribution in [0.4, 0.5) is 0 Å². The van der Waals surface area contributed by atoms with E-state index >= 15 is 0 Å². The molecule has 0 bridgehead atoms. The van der Waals surface area contributed by atoms with E-state index in [0.717, 1.165) is 51.9 Å². The molecule has 1 fully saturated rings. The third-order valence-corrected chi connectivity index (χ3v) is 7.91. The second-order valence-corrected chi connectivity index (χ2v) is 9.08. The third kappa shape index (κ3) is 2.72. The molecule has 6 heteroatoms. The minimum absolute atomic E-state index is 0.00486. The van der Waals surface area contributed by atoms with Gasteiger partial charge in [-0.3, -0.25) is 9.69 Å². The van der Waals surface area contributed by atoms with Crippen molar-refractivity contribution in [2.24, 2.45) is 0 Å².